The zero-order chi connectivity index (χ0) is 21.9. The first kappa shape index (κ1) is 21.0. The van der Waals surface area contributed by atoms with Crippen molar-refractivity contribution in [2.45, 2.75) is 56.9 Å². The van der Waals surface area contributed by atoms with Crippen LogP contribution < -0.4 is 11.0 Å². The van der Waals surface area contributed by atoms with Gasteiger partial charge in [-0.2, -0.15) is 0 Å². The number of amides is 1. The van der Waals surface area contributed by atoms with E-state index in [1.807, 2.05) is 41.0 Å². The van der Waals surface area contributed by atoms with Crippen molar-refractivity contribution < 1.29 is 4.79 Å². The molecule has 1 amide bonds. The highest BCUT2D eigenvalue weighted by Gasteiger charge is 2.24. The number of H-pyrrole nitrogens is 1. The summed E-state index contributed by atoms with van der Waals surface area (Å²) in [7, 11) is 0. The molecule has 168 valence electrons. The third kappa shape index (κ3) is 4.51. The van der Waals surface area contributed by atoms with Crippen LogP contribution >= 0.6 is 0 Å². The molecule has 1 aromatic heterocycles. The molecule has 2 fully saturated rings. The second-order valence-electron chi connectivity index (χ2n) is 9.33. The molecule has 5 rings (SSSR count). The minimum absolute atomic E-state index is 0.0260. The Kier molecular flexibility index (Phi) is 6.12. The minimum atomic E-state index is -0.0425. The molecule has 2 N–H and O–H groups in total. The summed E-state index contributed by atoms with van der Waals surface area (Å²) >= 11 is 0. The van der Waals surface area contributed by atoms with Crippen LogP contribution in [0.4, 0.5) is 5.69 Å². The molecule has 1 saturated heterocycles. The van der Waals surface area contributed by atoms with Gasteiger partial charge in [-0.1, -0.05) is 43.5 Å². The monoisotopic (exact) mass is 432 g/mol. The normalized spacial score (nSPS) is 18.8. The van der Waals surface area contributed by atoms with Gasteiger partial charge >= 0.3 is 5.69 Å². The number of likely N-dealkylation sites (tertiary alicyclic amines) is 1. The fraction of sp³-hybridized carbons (Fsp3) is 0.462. The fourth-order valence-corrected chi connectivity index (χ4v) is 5.45. The zero-order valence-corrected chi connectivity index (χ0v) is 18.6. The van der Waals surface area contributed by atoms with Crippen molar-refractivity contribution in [3.05, 3.63) is 64.6 Å². The Morgan fingerprint density at radius 3 is 2.41 bits per heavy atom. The Morgan fingerprint density at radius 1 is 0.938 bits per heavy atom. The van der Waals surface area contributed by atoms with E-state index < -0.39 is 0 Å². The number of fused-ring (bicyclic) bond motifs is 1. The fourth-order valence-electron chi connectivity index (χ4n) is 5.45. The number of hydrogen-bond donors (Lipinski definition) is 2. The van der Waals surface area contributed by atoms with Gasteiger partial charge in [-0.3, -0.25) is 14.3 Å². The van der Waals surface area contributed by atoms with E-state index in [0.717, 1.165) is 42.7 Å². The third-order valence-corrected chi connectivity index (χ3v) is 7.18. The maximum atomic E-state index is 12.6. The topological polar surface area (TPSA) is 70.1 Å². The van der Waals surface area contributed by atoms with Crippen molar-refractivity contribution in [2.75, 3.05) is 25.0 Å². The number of aromatic nitrogens is 2. The number of imidazole rings is 1. The molecule has 6 heteroatoms. The number of rotatable bonds is 5. The summed E-state index contributed by atoms with van der Waals surface area (Å²) in [5.74, 6) is 0.706. The number of nitrogens with zero attached hydrogens (tertiary/aromatic N) is 2. The summed E-state index contributed by atoms with van der Waals surface area (Å²) in [5, 5.41) is 3.05. The van der Waals surface area contributed by atoms with Gasteiger partial charge in [0.15, 0.2) is 0 Å². The Labute approximate surface area is 188 Å². The molecule has 1 saturated carbocycles. The summed E-state index contributed by atoms with van der Waals surface area (Å²) in [5.41, 5.74) is 4.07. The predicted octanol–water partition coefficient (Wildman–Crippen LogP) is 4.65. The first-order chi connectivity index (χ1) is 15.7. The van der Waals surface area contributed by atoms with Crippen LogP contribution in [0.3, 0.4) is 0 Å². The molecule has 1 aliphatic carbocycles. The summed E-state index contributed by atoms with van der Waals surface area (Å²) in [6.07, 6.45) is 8.32. The summed E-state index contributed by atoms with van der Waals surface area (Å²) in [6, 6.07) is 16.4. The second kappa shape index (κ2) is 9.33. The molecule has 1 aliphatic heterocycles. The van der Waals surface area contributed by atoms with E-state index in [-0.39, 0.29) is 17.6 Å². The number of nitrogens with one attached hydrogen (secondary N) is 2. The molecule has 0 unspecified atom stereocenters. The number of carbonyl (C=O) groups is 1. The van der Waals surface area contributed by atoms with Crippen molar-refractivity contribution in [1.29, 1.82) is 0 Å². The minimum Gasteiger partial charge on any atom is -0.325 e. The highest BCUT2D eigenvalue weighted by atomic mass is 16.2. The number of aromatic amines is 1. The lowest BCUT2D eigenvalue weighted by atomic mass is 9.84. The number of benzene rings is 2. The van der Waals surface area contributed by atoms with E-state index in [4.69, 9.17) is 0 Å². The highest BCUT2D eigenvalue weighted by molar-refractivity contribution is 5.92. The maximum absolute atomic E-state index is 12.6. The largest absolute Gasteiger partial charge is 0.326 e. The quantitative estimate of drug-likeness (QED) is 0.616. The average Bonchev–Trinajstić information content (AvgIpc) is 3.16. The Balaban J connectivity index is 1.14. The van der Waals surface area contributed by atoms with Gasteiger partial charge in [0.2, 0.25) is 5.91 Å². The second-order valence-corrected chi connectivity index (χ2v) is 9.33. The first-order valence-electron chi connectivity index (χ1n) is 12.0. The van der Waals surface area contributed by atoms with Crippen molar-refractivity contribution in [2.24, 2.45) is 0 Å². The van der Waals surface area contributed by atoms with Crippen LogP contribution in [0.25, 0.3) is 11.0 Å². The molecule has 0 spiro atoms. The molecule has 0 bridgehead atoms. The van der Waals surface area contributed by atoms with E-state index in [1.54, 1.807) is 0 Å². The molecule has 2 aliphatic rings. The van der Waals surface area contributed by atoms with Crippen LogP contribution in [0.5, 0.6) is 0 Å². The van der Waals surface area contributed by atoms with Crippen LogP contribution in [0.2, 0.25) is 0 Å². The van der Waals surface area contributed by atoms with Gasteiger partial charge in [-0.25, -0.2) is 4.79 Å². The van der Waals surface area contributed by atoms with Gasteiger partial charge < -0.3 is 10.3 Å². The number of hydrogen-bond acceptors (Lipinski definition) is 3. The van der Waals surface area contributed by atoms with Crippen LogP contribution in [-0.2, 0) is 4.79 Å². The van der Waals surface area contributed by atoms with E-state index in [2.05, 4.69) is 27.3 Å². The average molecular weight is 433 g/mol. The number of piperidine rings is 1. The standard InChI is InChI=1S/C26H32N4O2/c31-25(27-21-12-10-20(11-13-21)19-6-2-1-3-7-19)18-29-16-14-22(15-17-29)30-24-9-5-4-8-23(24)28-26(30)32/h4-5,8-13,19,22H,1-3,6-7,14-18H2,(H,27,31)(H,28,32). The van der Waals surface area contributed by atoms with Crippen LogP contribution in [0.15, 0.2) is 53.3 Å². The van der Waals surface area contributed by atoms with Gasteiger partial charge in [0.05, 0.1) is 17.6 Å². The molecular formula is C26H32N4O2. The van der Waals surface area contributed by atoms with Crippen molar-refractivity contribution in [3.8, 4) is 0 Å². The van der Waals surface area contributed by atoms with Gasteiger partial charge in [-0.15, -0.1) is 0 Å². The van der Waals surface area contributed by atoms with Gasteiger partial charge in [-0.05, 0) is 61.4 Å². The van der Waals surface area contributed by atoms with Crippen LogP contribution in [-0.4, -0.2) is 40.0 Å². The highest BCUT2D eigenvalue weighted by Crippen LogP contribution is 2.33. The molecule has 0 radical (unpaired) electrons. The van der Waals surface area contributed by atoms with Crippen molar-refractivity contribution in [3.63, 3.8) is 0 Å². The molecule has 2 aromatic carbocycles. The molecule has 2 heterocycles. The SMILES string of the molecule is O=C(CN1CCC(n2c(=O)[nH]c3ccccc32)CC1)Nc1ccc(C2CCCCC2)cc1. The Morgan fingerprint density at radius 2 is 1.66 bits per heavy atom. The predicted molar refractivity (Wildman–Crippen MR) is 128 cm³/mol. The molecule has 32 heavy (non-hydrogen) atoms. The lowest BCUT2D eigenvalue weighted by Gasteiger charge is -2.32. The zero-order valence-electron chi connectivity index (χ0n) is 18.6. The Hall–Kier alpha value is -2.86. The first-order valence-corrected chi connectivity index (χ1v) is 12.0. The van der Waals surface area contributed by atoms with E-state index in [9.17, 15) is 9.59 Å². The number of anilines is 1. The molecule has 0 atom stereocenters. The van der Waals surface area contributed by atoms with Gasteiger partial charge in [0.1, 0.15) is 0 Å². The number of para-hydroxylation sites is 2. The lowest BCUT2D eigenvalue weighted by Crippen LogP contribution is -2.40. The summed E-state index contributed by atoms with van der Waals surface area (Å²) in [4.78, 5) is 30.2. The van der Waals surface area contributed by atoms with E-state index in [1.165, 1.54) is 37.7 Å². The number of carbonyl (C=O) groups excluding carboxylic acids is 1. The van der Waals surface area contributed by atoms with Gasteiger partial charge in [0, 0.05) is 24.8 Å². The van der Waals surface area contributed by atoms with Crippen LogP contribution in [0.1, 0.15) is 62.5 Å². The third-order valence-electron chi connectivity index (χ3n) is 7.18. The molecular weight excluding hydrogens is 400 g/mol. The summed E-state index contributed by atoms with van der Waals surface area (Å²) in [6.45, 7) is 2.01. The Bertz CT molecular complexity index is 1120. The van der Waals surface area contributed by atoms with E-state index >= 15 is 0 Å². The van der Waals surface area contributed by atoms with Crippen molar-refractivity contribution in [1.82, 2.24) is 14.5 Å². The molecule has 3 aromatic rings. The van der Waals surface area contributed by atoms with Crippen LogP contribution in [0, 0.1) is 0 Å². The molecule has 6 nitrogen and oxygen atoms in total. The summed E-state index contributed by atoms with van der Waals surface area (Å²) < 4.78 is 1.89. The smallest absolute Gasteiger partial charge is 0.325 e. The van der Waals surface area contributed by atoms with Crippen molar-refractivity contribution >= 4 is 22.6 Å². The maximum Gasteiger partial charge on any atom is 0.326 e. The lowest BCUT2D eigenvalue weighted by molar-refractivity contribution is -0.117. The van der Waals surface area contributed by atoms with E-state index in [0.29, 0.717) is 12.5 Å². The van der Waals surface area contributed by atoms with Gasteiger partial charge in [0.25, 0.3) is 0 Å².